The van der Waals surface area contributed by atoms with Crippen LogP contribution in [0.2, 0.25) is 5.02 Å². The third kappa shape index (κ3) is 3.66. The summed E-state index contributed by atoms with van der Waals surface area (Å²) in [6, 6.07) is 0.632. The molecule has 29 heavy (non-hydrogen) atoms. The van der Waals surface area contributed by atoms with Crippen molar-refractivity contribution in [2.24, 2.45) is 0 Å². The SMILES string of the molecule is Nc1cc(Cl)c(OC(F)(F)C(F)(F)C(F)(F)C(F)(F)C(F)(F)C(F)(F)F)cc1N. The average molecular weight is 477 g/mol. The monoisotopic (exact) mass is 476 g/mol. The van der Waals surface area contributed by atoms with Crippen molar-refractivity contribution in [1.82, 2.24) is 0 Å². The number of hydrogen-bond donors (Lipinski definition) is 2. The van der Waals surface area contributed by atoms with Crippen LogP contribution in [0.3, 0.4) is 0 Å². The van der Waals surface area contributed by atoms with E-state index in [1.165, 1.54) is 0 Å². The van der Waals surface area contributed by atoms with Gasteiger partial charge in [0.25, 0.3) is 0 Å². The molecule has 1 aromatic carbocycles. The summed E-state index contributed by atoms with van der Waals surface area (Å²) in [5.74, 6) is -33.1. The van der Waals surface area contributed by atoms with Crippen LogP contribution in [0.15, 0.2) is 12.1 Å². The molecule has 0 saturated heterocycles. The van der Waals surface area contributed by atoms with Crippen molar-refractivity contribution in [3.8, 4) is 5.75 Å². The quantitative estimate of drug-likeness (QED) is 0.416. The molecule has 0 aliphatic carbocycles. The summed E-state index contributed by atoms with van der Waals surface area (Å²) < 4.78 is 171. The highest BCUT2D eigenvalue weighted by atomic mass is 35.5. The van der Waals surface area contributed by atoms with Gasteiger partial charge < -0.3 is 16.2 Å². The molecular weight excluding hydrogens is 471 g/mol. The Kier molecular flexibility index (Phi) is 5.84. The number of benzene rings is 1. The maximum atomic E-state index is 13.6. The Balaban J connectivity index is 3.49. The van der Waals surface area contributed by atoms with Crippen LogP contribution < -0.4 is 16.2 Å². The van der Waals surface area contributed by atoms with Gasteiger partial charge in [0.15, 0.2) is 0 Å². The number of ether oxygens (including phenoxy) is 1. The predicted molar refractivity (Wildman–Crippen MR) is 71.7 cm³/mol. The number of alkyl halides is 13. The fraction of sp³-hybridized carbons (Fsp3) is 0.500. The Labute approximate surface area is 156 Å². The molecule has 0 aromatic heterocycles. The molecule has 0 radical (unpaired) electrons. The minimum Gasteiger partial charge on any atom is -0.426 e. The van der Waals surface area contributed by atoms with Crippen LogP contribution in [0.4, 0.5) is 68.5 Å². The topological polar surface area (TPSA) is 61.3 Å². The van der Waals surface area contributed by atoms with Crippen LogP contribution >= 0.6 is 11.6 Å². The van der Waals surface area contributed by atoms with E-state index in [1.54, 1.807) is 0 Å². The van der Waals surface area contributed by atoms with Crippen molar-refractivity contribution in [2.75, 3.05) is 11.5 Å². The summed E-state index contributed by atoms with van der Waals surface area (Å²) in [6.07, 6.45) is -14.3. The molecule has 0 unspecified atom stereocenters. The van der Waals surface area contributed by atoms with Gasteiger partial charge in [0.2, 0.25) is 0 Å². The molecule has 0 atom stereocenters. The maximum Gasteiger partial charge on any atom is 0.471 e. The van der Waals surface area contributed by atoms with Gasteiger partial charge in [0, 0.05) is 6.07 Å². The van der Waals surface area contributed by atoms with Crippen LogP contribution in [0.5, 0.6) is 5.75 Å². The molecule has 17 heteroatoms. The van der Waals surface area contributed by atoms with Crippen molar-refractivity contribution in [3.05, 3.63) is 17.2 Å². The number of halogens is 14. The van der Waals surface area contributed by atoms with Gasteiger partial charge in [-0.25, -0.2) is 0 Å². The molecule has 0 spiro atoms. The Morgan fingerprint density at radius 1 is 0.621 bits per heavy atom. The summed E-state index contributed by atoms with van der Waals surface area (Å²) in [4.78, 5) is 0. The van der Waals surface area contributed by atoms with Crippen LogP contribution in [-0.2, 0) is 0 Å². The van der Waals surface area contributed by atoms with E-state index in [0.717, 1.165) is 0 Å². The Hall–Kier alpha value is -2.00. The maximum absolute atomic E-state index is 13.6. The molecule has 3 nitrogen and oxygen atoms in total. The molecule has 1 rings (SSSR count). The molecule has 0 bridgehead atoms. The molecular formula is C12H6ClF13N2O. The van der Waals surface area contributed by atoms with Crippen molar-refractivity contribution < 1.29 is 61.8 Å². The van der Waals surface area contributed by atoms with E-state index in [2.05, 4.69) is 4.74 Å². The van der Waals surface area contributed by atoms with Gasteiger partial charge in [-0.15, -0.1) is 0 Å². The lowest BCUT2D eigenvalue weighted by molar-refractivity contribution is -0.456. The van der Waals surface area contributed by atoms with Gasteiger partial charge in [-0.3, -0.25) is 0 Å². The second-order valence-electron chi connectivity index (χ2n) is 5.33. The Bertz CT molecular complexity index is 778. The molecule has 0 heterocycles. The van der Waals surface area contributed by atoms with Gasteiger partial charge in [0.1, 0.15) is 5.75 Å². The van der Waals surface area contributed by atoms with E-state index in [9.17, 15) is 57.1 Å². The molecule has 0 saturated carbocycles. The number of anilines is 2. The van der Waals surface area contributed by atoms with E-state index in [4.69, 9.17) is 23.1 Å². The number of hydrogen-bond acceptors (Lipinski definition) is 3. The second-order valence-corrected chi connectivity index (χ2v) is 5.73. The number of nitrogens with two attached hydrogens (primary N) is 2. The summed E-state index contributed by atoms with van der Waals surface area (Å²) in [5, 5.41) is -1.09. The Morgan fingerprint density at radius 2 is 1.00 bits per heavy atom. The summed E-state index contributed by atoms with van der Waals surface area (Å²) in [7, 11) is 0. The molecule has 0 fully saturated rings. The predicted octanol–water partition coefficient (Wildman–Crippen LogP) is 5.58. The highest BCUT2D eigenvalue weighted by Gasteiger charge is 2.91. The third-order valence-corrected chi connectivity index (χ3v) is 3.58. The van der Waals surface area contributed by atoms with Gasteiger partial charge in [0.05, 0.1) is 16.4 Å². The molecule has 1 aromatic rings. The fourth-order valence-corrected chi connectivity index (χ4v) is 1.83. The minimum absolute atomic E-state index is 0.155. The first-order valence-electron chi connectivity index (χ1n) is 6.54. The van der Waals surface area contributed by atoms with Gasteiger partial charge in [-0.05, 0) is 6.07 Å². The first-order valence-corrected chi connectivity index (χ1v) is 6.91. The lowest BCUT2D eigenvalue weighted by Gasteiger charge is -2.39. The van der Waals surface area contributed by atoms with Crippen molar-refractivity contribution in [1.29, 1.82) is 0 Å². The number of rotatable bonds is 6. The van der Waals surface area contributed by atoms with Gasteiger partial charge in [-0.2, -0.15) is 57.1 Å². The first-order chi connectivity index (χ1) is 12.5. The lowest BCUT2D eigenvalue weighted by Crippen LogP contribution is -2.70. The summed E-state index contributed by atoms with van der Waals surface area (Å²) >= 11 is 5.25. The van der Waals surface area contributed by atoms with Gasteiger partial charge in [-0.1, -0.05) is 11.6 Å². The zero-order chi connectivity index (χ0) is 23.4. The molecule has 0 aliphatic heterocycles. The summed E-state index contributed by atoms with van der Waals surface area (Å²) in [5.41, 5.74) is 9.07. The van der Waals surface area contributed by atoms with E-state index in [-0.39, 0.29) is 6.07 Å². The zero-order valence-electron chi connectivity index (χ0n) is 13.0. The summed E-state index contributed by atoms with van der Waals surface area (Å²) in [6.45, 7) is 0. The van der Waals surface area contributed by atoms with E-state index in [1.807, 2.05) is 0 Å². The van der Waals surface area contributed by atoms with E-state index in [0.29, 0.717) is 6.07 Å². The largest absolute Gasteiger partial charge is 0.471 e. The highest BCUT2D eigenvalue weighted by Crippen LogP contribution is 2.60. The lowest BCUT2D eigenvalue weighted by atomic mass is 9.97. The third-order valence-electron chi connectivity index (χ3n) is 3.28. The number of nitrogen functional groups attached to an aromatic ring is 2. The second kappa shape index (κ2) is 6.77. The first kappa shape index (κ1) is 25.0. The normalized spacial score (nSPS) is 14.8. The van der Waals surface area contributed by atoms with Crippen LogP contribution in [0.1, 0.15) is 0 Å². The van der Waals surface area contributed by atoms with Crippen molar-refractivity contribution in [3.63, 3.8) is 0 Å². The minimum atomic E-state index is -8.03. The smallest absolute Gasteiger partial charge is 0.426 e. The van der Waals surface area contributed by atoms with Gasteiger partial charge >= 0.3 is 36.0 Å². The van der Waals surface area contributed by atoms with Crippen LogP contribution in [0.25, 0.3) is 0 Å². The van der Waals surface area contributed by atoms with Crippen molar-refractivity contribution >= 4 is 23.0 Å². The van der Waals surface area contributed by atoms with Crippen LogP contribution in [-0.4, -0.2) is 36.0 Å². The average Bonchev–Trinajstić information content (AvgIpc) is 2.50. The molecule has 0 amide bonds. The highest BCUT2D eigenvalue weighted by molar-refractivity contribution is 6.32. The molecule has 168 valence electrons. The molecule has 0 aliphatic rings. The van der Waals surface area contributed by atoms with Crippen molar-refractivity contribution in [2.45, 2.75) is 36.0 Å². The molecule has 4 N–H and O–H groups in total. The van der Waals surface area contributed by atoms with Crippen LogP contribution in [0, 0.1) is 0 Å². The fourth-order valence-electron chi connectivity index (χ4n) is 1.62. The standard InChI is InChI=1S/C12H6ClF13N2O/c13-3-1-4(27)5(28)2-6(3)29-12(25,26)10(20,21)8(16,17)7(14,15)9(18,19)11(22,23)24/h1-2H,27-28H2. The van der Waals surface area contributed by atoms with E-state index >= 15 is 0 Å². The van der Waals surface area contributed by atoms with E-state index < -0.39 is 58.1 Å². The Morgan fingerprint density at radius 3 is 1.41 bits per heavy atom. The zero-order valence-corrected chi connectivity index (χ0v) is 13.8.